The summed E-state index contributed by atoms with van der Waals surface area (Å²) in [6, 6.07) is 14.5. The molecule has 0 aromatic heterocycles. The van der Waals surface area contributed by atoms with Gasteiger partial charge in [-0.15, -0.1) is 0 Å². The van der Waals surface area contributed by atoms with Crippen molar-refractivity contribution in [3.8, 4) is 0 Å². The van der Waals surface area contributed by atoms with Crippen molar-refractivity contribution in [3.05, 3.63) is 64.1 Å². The molecule has 0 unspecified atom stereocenters. The van der Waals surface area contributed by atoms with E-state index in [2.05, 4.69) is 5.16 Å². The maximum atomic E-state index is 13.3. The van der Waals surface area contributed by atoms with Crippen molar-refractivity contribution >= 4 is 46.4 Å². The summed E-state index contributed by atoms with van der Waals surface area (Å²) in [5.41, 5.74) is 2.18. The second kappa shape index (κ2) is 6.07. The van der Waals surface area contributed by atoms with E-state index in [0.29, 0.717) is 15.7 Å². The average molecular weight is 427 g/mol. The van der Waals surface area contributed by atoms with Gasteiger partial charge in [-0.3, -0.25) is 14.5 Å². The summed E-state index contributed by atoms with van der Waals surface area (Å²) >= 11 is 12.5. The number of halogens is 2. The van der Waals surface area contributed by atoms with Gasteiger partial charge in [-0.25, -0.2) is 0 Å². The van der Waals surface area contributed by atoms with Crippen LogP contribution in [0.2, 0.25) is 10.0 Å². The monoisotopic (exact) mass is 426 g/mol. The van der Waals surface area contributed by atoms with Crippen LogP contribution in [0.25, 0.3) is 0 Å². The van der Waals surface area contributed by atoms with Gasteiger partial charge in [0.15, 0.2) is 0 Å². The standard InChI is InChI=1S/C22H16Cl2N2O3/c23-10-6-7-12(15(24)8-10)19-18-13-9-14(20(18)29-25-19)17-16(13)21(27)26(22(17)28)11-4-2-1-3-5-11/h1-8,13-14,16-18,20H,9H2/t13-,14-,16-,17-,18-,20-/m1/s1. The van der Waals surface area contributed by atoms with Gasteiger partial charge in [-0.05, 0) is 36.6 Å². The van der Waals surface area contributed by atoms with Gasteiger partial charge in [-0.2, -0.15) is 0 Å². The Morgan fingerprint density at radius 3 is 2.38 bits per heavy atom. The van der Waals surface area contributed by atoms with Gasteiger partial charge < -0.3 is 4.84 Å². The van der Waals surface area contributed by atoms with E-state index in [1.165, 1.54) is 4.90 Å². The van der Waals surface area contributed by atoms with Crippen molar-refractivity contribution in [3.63, 3.8) is 0 Å². The fourth-order valence-electron chi connectivity index (χ4n) is 5.88. The molecule has 7 heteroatoms. The van der Waals surface area contributed by atoms with Crippen molar-refractivity contribution < 1.29 is 14.4 Å². The van der Waals surface area contributed by atoms with Crippen LogP contribution in [0.4, 0.5) is 5.69 Å². The second-order valence-corrected chi connectivity index (χ2v) is 9.00. The van der Waals surface area contributed by atoms with Crippen molar-refractivity contribution in [1.82, 2.24) is 0 Å². The molecule has 2 aliphatic heterocycles. The van der Waals surface area contributed by atoms with Crippen molar-refractivity contribution in [2.75, 3.05) is 4.90 Å². The highest BCUT2D eigenvalue weighted by Crippen LogP contribution is 2.62. The number of nitrogens with zero attached hydrogens (tertiary/aromatic N) is 2. The molecule has 3 fully saturated rings. The van der Waals surface area contributed by atoms with Crippen LogP contribution in [-0.4, -0.2) is 23.6 Å². The topological polar surface area (TPSA) is 59.0 Å². The Morgan fingerprint density at radius 1 is 0.931 bits per heavy atom. The van der Waals surface area contributed by atoms with Gasteiger partial charge in [0.25, 0.3) is 0 Å². The minimum atomic E-state index is -0.329. The van der Waals surface area contributed by atoms with Crippen LogP contribution in [-0.2, 0) is 14.4 Å². The SMILES string of the molecule is O=C1[C@@H]2[C@H]3C[C@@H]([C@H]4ON=C(c5ccc(Cl)cc5Cl)[C@@H]34)[C@H]2C(=O)N1c1ccccc1. The second-order valence-electron chi connectivity index (χ2n) is 8.16. The predicted octanol–water partition coefficient (Wildman–Crippen LogP) is 4.17. The number of carbonyl (C=O) groups is 2. The highest BCUT2D eigenvalue weighted by Gasteiger charge is 2.70. The van der Waals surface area contributed by atoms with E-state index in [9.17, 15) is 9.59 Å². The van der Waals surface area contributed by atoms with E-state index in [-0.39, 0.29) is 47.5 Å². The third kappa shape index (κ3) is 2.26. The average Bonchev–Trinajstić information content (AvgIpc) is 3.43. The Hall–Kier alpha value is -2.37. The molecule has 2 aliphatic carbocycles. The molecule has 0 N–H and O–H groups in total. The first-order chi connectivity index (χ1) is 14.1. The predicted molar refractivity (Wildman–Crippen MR) is 109 cm³/mol. The third-order valence-electron chi connectivity index (χ3n) is 6.91. The minimum absolute atomic E-state index is 0.00696. The van der Waals surface area contributed by atoms with Gasteiger partial charge in [0.2, 0.25) is 11.8 Å². The highest BCUT2D eigenvalue weighted by molar-refractivity contribution is 6.37. The summed E-state index contributed by atoms with van der Waals surface area (Å²) in [6.45, 7) is 0. The smallest absolute Gasteiger partial charge is 0.238 e. The van der Waals surface area contributed by atoms with Crippen LogP contribution in [0.5, 0.6) is 0 Å². The lowest BCUT2D eigenvalue weighted by molar-refractivity contribution is -0.125. The zero-order valence-corrected chi connectivity index (χ0v) is 16.7. The zero-order valence-electron chi connectivity index (χ0n) is 15.2. The Morgan fingerprint density at radius 2 is 1.66 bits per heavy atom. The summed E-state index contributed by atoms with van der Waals surface area (Å²) in [4.78, 5) is 33.7. The number of oxime groups is 1. The van der Waals surface area contributed by atoms with Crippen molar-refractivity contribution in [2.45, 2.75) is 12.5 Å². The van der Waals surface area contributed by atoms with Crippen LogP contribution in [0.1, 0.15) is 12.0 Å². The Kier molecular flexibility index (Phi) is 3.66. The van der Waals surface area contributed by atoms with E-state index in [4.69, 9.17) is 28.0 Å². The van der Waals surface area contributed by atoms with Crippen LogP contribution in [0.15, 0.2) is 53.7 Å². The lowest BCUT2D eigenvalue weighted by atomic mass is 9.71. The van der Waals surface area contributed by atoms with E-state index >= 15 is 0 Å². The van der Waals surface area contributed by atoms with E-state index < -0.39 is 0 Å². The molecule has 0 spiro atoms. The quantitative estimate of drug-likeness (QED) is 0.677. The molecule has 2 saturated carbocycles. The fourth-order valence-corrected chi connectivity index (χ4v) is 6.38. The largest absolute Gasteiger partial charge is 0.391 e. The van der Waals surface area contributed by atoms with Gasteiger partial charge in [0.1, 0.15) is 6.10 Å². The third-order valence-corrected chi connectivity index (χ3v) is 7.46. The molecule has 6 atom stereocenters. The normalized spacial score (nSPS) is 34.3. The fraction of sp³-hybridized carbons (Fsp3) is 0.318. The lowest BCUT2D eigenvalue weighted by Crippen LogP contribution is -2.41. The number of benzene rings is 2. The Balaban J connectivity index is 1.37. The molecule has 146 valence electrons. The van der Waals surface area contributed by atoms with Gasteiger partial charge >= 0.3 is 0 Å². The summed E-state index contributed by atoms with van der Waals surface area (Å²) in [5.74, 6) is -0.895. The first-order valence-corrected chi connectivity index (χ1v) is 10.4. The molecule has 0 radical (unpaired) electrons. The van der Waals surface area contributed by atoms with E-state index in [0.717, 1.165) is 17.7 Å². The first kappa shape index (κ1) is 17.5. The maximum absolute atomic E-state index is 13.3. The minimum Gasteiger partial charge on any atom is -0.391 e. The number of rotatable bonds is 2. The van der Waals surface area contributed by atoms with Crippen LogP contribution in [0, 0.1) is 29.6 Å². The van der Waals surface area contributed by atoms with E-state index in [1.807, 2.05) is 24.3 Å². The molecular weight excluding hydrogens is 411 g/mol. The Bertz CT molecular complexity index is 1090. The number of imide groups is 1. The number of fused-ring (bicyclic) bond motifs is 8. The van der Waals surface area contributed by atoms with Crippen molar-refractivity contribution in [2.24, 2.45) is 34.7 Å². The van der Waals surface area contributed by atoms with Crippen LogP contribution in [0.3, 0.4) is 0 Å². The molecule has 2 bridgehead atoms. The van der Waals surface area contributed by atoms with Crippen LogP contribution >= 0.6 is 23.2 Å². The number of para-hydroxylation sites is 1. The zero-order chi connectivity index (χ0) is 19.9. The molecule has 2 heterocycles. The number of hydrogen-bond acceptors (Lipinski definition) is 4. The molecule has 4 aliphatic rings. The molecule has 2 aromatic rings. The van der Waals surface area contributed by atoms with Gasteiger partial charge in [0.05, 0.1) is 28.3 Å². The molecule has 6 rings (SSSR count). The molecule has 5 nitrogen and oxygen atoms in total. The lowest BCUT2D eigenvalue weighted by Gasteiger charge is -2.30. The molecule has 1 saturated heterocycles. The summed E-state index contributed by atoms with van der Waals surface area (Å²) < 4.78 is 0. The van der Waals surface area contributed by atoms with Gasteiger partial charge in [0, 0.05) is 22.4 Å². The molecular formula is C22H16Cl2N2O3. The number of amides is 2. The maximum Gasteiger partial charge on any atom is 0.238 e. The summed E-state index contributed by atoms with van der Waals surface area (Å²) in [7, 11) is 0. The number of anilines is 1. The molecule has 2 aromatic carbocycles. The Labute approximate surface area is 177 Å². The van der Waals surface area contributed by atoms with Crippen LogP contribution < -0.4 is 4.90 Å². The van der Waals surface area contributed by atoms with E-state index in [1.54, 1.807) is 24.3 Å². The highest BCUT2D eigenvalue weighted by atomic mass is 35.5. The van der Waals surface area contributed by atoms with Crippen molar-refractivity contribution in [1.29, 1.82) is 0 Å². The summed E-state index contributed by atoms with van der Waals surface area (Å²) in [6.07, 6.45) is 0.616. The molecule has 29 heavy (non-hydrogen) atoms. The first-order valence-electron chi connectivity index (χ1n) is 9.68. The number of hydrogen-bond donors (Lipinski definition) is 0. The van der Waals surface area contributed by atoms with Gasteiger partial charge in [-0.1, -0.05) is 52.6 Å². The molecule has 2 amide bonds. The number of carbonyl (C=O) groups excluding carboxylic acids is 2. The summed E-state index contributed by atoms with van der Waals surface area (Å²) in [5, 5.41) is 5.40.